The van der Waals surface area contributed by atoms with Gasteiger partial charge in [0.25, 0.3) is 5.91 Å². The van der Waals surface area contributed by atoms with Crippen molar-refractivity contribution in [1.29, 1.82) is 0 Å². The van der Waals surface area contributed by atoms with Crippen molar-refractivity contribution in [2.45, 2.75) is 0 Å². The average molecular weight is 351 g/mol. The van der Waals surface area contributed by atoms with E-state index in [-0.39, 0.29) is 5.91 Å². The standard InChI is InChI=1S/C14H9BrClN3O/c15-11-3-1-2-10(13(11)16)14(20)18-9-4-5-12-8(6-9)7-17-19-12/h1-7H,(H,17,19)(H,18,20). The number of carbonyl (C=O) groups is 1. The molecule has 0 fully saturated rings. The zero-order valence-electron chi connectivity index (χ0n) is 10.2. The van der Waals surface area contributed by atoms with Crippen LogP contribution in [0, 0.1) is 0 Å². The van der Waals surface area contributed by atoms with E-state index in [0.717, 1.165) is 10.9 Å². The summed E-state index contributed by atoms with van der Waals surface area (Å²) in [4.78, 5) is 12.2. The number of hydrogen-bond acceptors (Lipinski definition) is 2. The molecule has 0 aliphatic carbocycles. The third kappa shape index (κ3) is 2.42. The Labute approximate surface area is 128 Å². The SMILES string of the molecule is O=C(Nc1ccc2[nH]ncc2c1)c1cccc(Br)c1Cl. The molecule has 1 heterocycles. The Bertz CT molecular complexity index is 800. The van der Waals surface area contributed by atoms with E-state index in [0.29, 0.717) is 20.7 Å². The first-order chi connectivity index (χ1) is 9.65. The number of nitrogens with one attached hydrogen (secondary N) is 2. The quantitative estimate of drug-likeness (QED) is 0.726. The molecule has 0 aliphatic rings. The molecule has 0 saturated carbocycles. The van der Waals surface area contributed by atoms with E-state index >= 15 is 0 Å². The van der Waals surface area contributed by atoms with Crippen LogP contribution in [0.1, 0.15) is 10.4 Å². The number of halogens is 2. The minimum absolute atomic E-state index is 0.251. The first kappa shape index (κ1) is 13.1. The van der Waals surface area contributed by atoms with Crippen LogP contribution in [-0.2, 0) is 0 Å². The monoisotopic (exact) mass is 349 g/mol. The van der Waals surface area contributed by atoms with Crippen LogP contribution in [0.2, 0.25) is 5.02 Å². The highest BCUT2D eigenvalue weighted by Crippen LogP contribution is 2.27. The summed E-state index contributed by atoms with van der Waals surface area (Å²) in [5, 5.41) is 11.0. The predicted molar refractivity (Wildman–Crippen MR) is 83.2 cm³/mol. The van der Waals surface area contributed by atoms with E-state index in [4.69, 9.17) is 11.6 Å². The van der Waals surface area contributed by atoms with Gasteiger partial charge in [0, 0.05) is 15.5 Å². The van der Waals surface area contributed by atoms with Gasteiger partial charge in [0.2, 0.25) is 0 Å². The van der Waals surface area contributed by atoms with Crippen molar-refractivity contribution >= 4 is 50.0 Å². The summed E-state index contributed by atoms with van der Waals surface area (Å²) in [5.74, 6) is -0.251. The fourth-order valence-electron chi connectivity index (χ4n) is 1.90. The molecule has 3 aromatic rings. The van der Waals surface area contributed by atoms with Gasteiger partial charge in [0.05, 0.1) is 22.3 Å². The van der Waals surface area contributed by atoms with Crippen molar-refractivity contribution in [3.63, 3.8) is 0 Å². The number of carbonyl (C=O) groups excluding carboxylic acids is 1. The predicted octanol–water partition coefficient (Wildman–Crippen LogP) is 4.23. The van der Waals surface area contributed by atoms with E-state index in [2.05, 4.69) is 31.4 Å². The number of aromatic amines is 1. The maximum Gasteiger partial charge on any atom is 0.257 e. The number of rotatable bonds is 2. The summed E-state index contributed by atoms with van der Waals surface area (Å²) in [6, 6.07) is 10.8. The van der Waals surface area contributed by atoms with Gasteiger partial charge in [-0.15, -0.1) is 0 Å². The molecule has 0 aliphatic heterocycles. The third-order valence-electron chi connectivity index (χ3n) is 2.89. The Morgan fingerprint density at radius 3 is 3.00 bits per heavy atom. The van der Waals surface area contributed by atoms with E-state index in [9.17, 15) is 4.79 Å². The van der Waals surface area contributed by atoms with Crippen LogP contribution >= 0.6 is 27.5 Å². The van der Waals surface area contributed by atoms with Crippen molar-refractivity contribution in [3.05, 3.63) is 57.7 Å². The number of fused-ring (bicyclic) bond motifs is 1. The number of benzene rings is 2. The Morgan fingerprint density at radius 2 is 2.15 bits per heavy atom. The lowest BCUT2D eigenvalue weighted by Crippen LogP contribution is -2.12. The molecule has 1 amide bonds. The van der Waals surface area contributed by atoms with Crippen LogP contribution in [0.5, 0.6) is 0 Å². The normalized spacial score (nSPS) is 10.7. The van der Waals surface area contributed by atoms with Crippen molar-refractivity contribution in [2.75, 3.05) is 5.32 Å². The van der Waals surface area contributed by atoms with Gasteiger partial charge < -0.3 is 5.32 Å². The van der Waals surface area contributed by atoms with Gasteiger partial charge >= 0.3 is 0 Å². The van der Waals surface area contributed by atoms with Gasteiger partial charge in [-0.05, 0) is 46.3 Å². The maximum absolute atomic E-state index is 12.2. The summed E-state index contributed by atoms with van der Waals surface area (Å²) < 4.78 is 0.692. The van der Waals surface area contributed by atoms with Crippen LogP contribution in [0.15, 0.2) is 47.1 Å². The Morgan fingerprint density at radius 1 is 1.30 bits per heavy atom. The van der Waals surface area contributed by atoms with Gasteiger partial charge in [-0.3, -0.25) is 9.89 Å². The number of aromatic nitrogens is 2. The van der Waals surface area contributed by atoms with Crippen LogP contribution < -0.4 is 5.32 Å². The molecule has 6 heteroatoms. The molecule has 0 unspecified atom stereocenters. The highest BCUT2D eigenvalue weighted by atomic mass is 79.9. The Hall–Kier alpha value is -1.85. The fourth-order valence-corrected chi connectivity index (χ4v) is 2.48. The van der Waals surface area contributed by atoms with Gasteiger partial charge in [-0.25, -0.2) is 0 Å². The number of hydrogen-bond donors (Lipinski definition) is 2. The molecule has 0 bridgehead atoms. The number of H-pyrrole nitrogens is 1. The van der Waals surface area contributed by atoms with Crippen LogP contribution in [0.25, 0.3) is 10.9 Å². The maximum atomic E-state index is 12.2. The Balaban J connectivity index is 1.90. The first-order valence-corrected chi connectivity index (χ1v) is 7.01. The van der Waals surface area contributed by atoms with Crippen LogP contribution in [-0.4, -0.2) is 16.1 Å². The molecule has 0 spiro atoms. The average Bonchev–Trinajstić information content (AvgIpc) is 2.89. The second-order valence-corrected chi connectivity index (χ2v) is 5.46. The van der Waals surface area contributed by atoms with Gasteiger partial charge in [0.1, 0.15) is 0 Å². The van der Waals surface area contributed by atoms with E-state index < -0.39 is 0 Å². The lowest BCUT2D eigenvalue weighted by Gasteiger charge is -2.07. The third-order valence-corrected chi connectivity index (χ3v) is 4.19. The molecule has 0 saturated heterocycles. The number of nitrogens with zero attached hydrogens (tertiary/aromatic N) is 1. The molecule has 4 nitrogen and oxygen atoms in total. The molecule has 2 N–H and O–H groups in total. The van der Waals surface area contributed by atoms with Crippen molar-refractivity contribution < 1.29 is 4.79 Å². The van der Waals surface area contributed by atoms with Gasteiger partial charge in [-0.2, -0.15) is 5.10 Å². The van der Waals surface area contributed by atoms with Crippen LogP contribution in [0.3, 0.4) is 0 Å². The number of anilines is 1. The molecular formula is C14H9BrClN3O. The fraction of sp³-hybridized carbons (Fsp3) is 0. The van der Waals surface area contributed by atoms with Crippen molar-refractivity contribution in [2.24, 2.45) is 0 Å². The lowest BCUT2D eigenvalue weighted by atomic mass is 10.2. The molecule has 2 aromatic carbocycles. The zero-order valence-corrected chi connectivity index (χ0v) is 12.5. The van der Waals surface area contributed by atoms with Gasteiger partial charge in [0.15, 0.2) is 0 Å². The topological polar surface area (TPSA) is 57.8 Å². The second kappa shape index (κ2) is 5.26. The summed E-state index contributed by atoms with van der Waals surface area (Å²) >= 11 is 9.41. The Kier molecular flexibility index (Phi) is 3.46. The summed E-state index contributed by atoms with van der Waals surface area (Å²) in [6.07, 6.45) is 1.71. The lowest BCUT2D eigenvalue weighted by molar-refractivity contribution is 0.102. The molecule has 1 aromatic heterocycles. The first-order valence-electron chi connectivity index (χ1n) is 5.83. The molecule has 20 heavy (non-hydrogen) atoms. The van der Waals surface area contributed by atoms with E-state index in [1.165, 1.54) is 0 Å². The largest absolute Gasteiger partial charge is 0.322 e. The van der Waals surface area contributed by atoms with E-state index in [1.807, 2.05) is 18.2 Å². The molecule has 3 rings (SSSR count). The summed E-state index contributed by atoms with van der Waals surface area (Å²) in [5.41, 5.74) is 2.04. The second-order valence-electron chi connectivity index (χ2n) is 4.23. The summed E-state index contributed by atoms with van der Waals surface area (Å²) in [6.45, 7) is 0. The van der Waals surface area contributed by atoms with Crippen LogP contribution in [0.4, 0.5) is 5.69 Å². The van der Waals surface area contributed by atoms with Crippen molar-refractivity contribution in [1.82, 2.24) is 10.2 Å². The molecule has 100 valence electrons. The molecule has 0 radical (unpaired) electrons. The highest BCUT2D eigenvalue weighted by Gasteiger charge is 2.12. The zero-order chi connectivity index (χ0) is 14.1. The minimum atomic E-state index is -0.251. The number of amides is 1. The minimum Gasteiger partial charge on any atom is -0.322 e. The summed E-state index contributed by atoms with van der Waals surface area (Å²) in [7, 11) is 0. The smallest absolute Gasteiger partial charge is 0.257 e. The highest BCUT2D eigenvalue weighted by molar-refractivity contribution is 9.10. The van der Waals surface area contributed by atoms with E-state index in [1.54, 1.807) is 24.4 Å². The molecular weight excluding hydrogens is 342 g/mol. The molecule has 0 atom stereocenters. The van der Waals surface area contributed by atoms with Gasteiger partial charge in [-0.1, -0.05) is 17.7 Å². The van der Waals surface area contributed by atoms with Crippen molar-refractivity contribution in [3.8, 4) is 0 Å².